The maximum Gasteiger partial charge on any atom is 0.261 e. The molecule has 0 unspecified atom stereocenters. The van der Waals surface area contributed by atoms with Crippen LogP contribution in [0.4, 0.5) is 11.4 Å². The van der Waals surface area contributed by atoms with Crippen molar-refractivity contribution in [3.63, 3.8) is 0 Å². The van der Waals surface area contributed by atoms with E-state index in [0.717, 1.165) is 0 Å². The third-order valence-electron chi connectivity index (χ3n) is 4.92. The van der Waals surface area contributed by atoms with Crippen molar-refractivity contribution in [2.45, 2.75) is 23.6 Å². The van der Waals surface area contributed by atoms with E-state index >= 15 is 0 Å². The van der Waals surface area contributed by atoms with E-state index in [0.29, 0.717) is 18.8 Å². The summed E-state index contributed by atoms with van der Waals surface area (Å²) < 4.78 is 54.4. The lowest BCUT2D eigenvalue weighted by Gasteiger charge is -2.18. The number of carbonyl (C=O) groups excluding carboxylic acids is 1. The fourth-order valence-electron chi connectivity index (χ4n) is 3.19. The van der Waals surface area contributed by atoms with E-state index in [1.807, 2.05) is 0 Å². The number of nitrogens with zero attached hydrogens (tertiary/aromatic N) is 1. The highest BCUT2D eigenvalue weighted by molar-refractivity contribution is 7.92. The van der Waals surface area contributed by atoms with Crippen LogP contribution in [0.5, 0.6) is 0 Å². The lowest BCUT2D eigenvalue weighted by Crippen LogP contribution is -2.30. The first kappa shape index (κ1) is 24.4. The zero-order chi connectivity index (χ0) is 24.1. The van der Waals surface area contributed by atoms with Gasteiger partial charge in [-0.2, -0.15) is 4.31 Å². The van der Waals surface area contributed by atoms with Gasteiger partial charge in [0.25, 0.3) is 15.9 Å². The fourth-order valence-corrected chi connectivity index (χ4v) is 5.75. The van der Waals surface area contributed by atoms with Crippen LogP contribution in [0.3, 0.4) is 0 Å². The topological polar surface area (TPSA) is 113 Å². The van der Waals surface area contributed by atoms with Gasteiger partial charge < -0.3 is 5.32 Å². The number of hydrogen-bond donors (Lipinski definition) is 2. The third kappa shape index (κ3) is 5.59. The predicted molar refractivity (Wildman–Crippen MR) is 128 cm³/mol. The molecule has 174 valence electrons. The molecule has 0 radical (unpaired) electrons. The maximum atomic E-state index is 12.9. The normalized spacial score (nSPS) is 11.8. The summed E-state index contributed by atoms with van der Waals surface area (Å²) in [6.45, 7) is 4.23. The van der Waals surface area contributed by atoms with Crippen LogP contribution in [-0.2, 0) is 20.0 Å². The van der Waals surface area contributed by atoms with Gasteiger partial charge in [-0.3, -0.25) is 9.52 Å². The number of amides is 1. The molecule has 0 aliphatic rings. The molecule has 33 heavy (non-hydrogen) atoms. The Kier molecular flexibility index (Phi) is 7.52. The van der Waals surface area contributed by atoms with Crippen LogP contribution in [0.2, 0.25) is 0 Å². The SMILES string of the molecule is CCN(CC)S(=O)(=O)c1ccc(NC(=O)c2ccccc2NS(=O)(=O)c2ccccc2)cc1. The van der Waals surface area contributed by atoms with Gasteiger partial charge in [0.2, 0.25) is 10.0 Å². The monoisotopic (exact) mass is 487 g/mol. The van der Waals surface area contributed by atoms with Crippen molar-refractivity contribution >= 4 is 37.3 Å². The van der Waals surface area contributed by atoms with E-state index in [1.165, 1.54) is 52.8 Å². The molecule has 2 N–H and O–H groups in total. The van der Waals surface area contributed by atoms with Gasteiger partial charge in [0.05, 0.1) is 21.0 Å². The molecule has 0 atom stereocenters. The van der Waals surface area contributed by atoms with Gasteiger partial charge in [-0.25, -0.2) is 16.8 Å². The minimum Gasteiger partial charge on any atom is -0.322 e. The number of rotatable bonds is 9. The van der Waals surface area contributed by atoms with Crippen LogP contribution in [0.1, 0.15) is 24.2 Å². The quantitative estimate of drug-likeness (QED) is 0.477. The summed E-state index contributed by atoms with van der Waals surface area (Å²) >= 11 is 0. The molecule has 0 saturated carbocycles. The molecule has 1 amide bonds. The Morgan fingerprint density at radius 1 is 0.758 bits per heavy atom. The molecule has 0 fully saturated rings. The van der Waals surface area contributed by atoms with Crippen LogP contribution in [0.25, 0.3) is 0 Å². The second-order valence-corrected chi connectivity index (χ2v) is 10.7. The van der Waals surface area contributed by atoms with Gasteiger partial charge in [-0.15, -0.1) is 0 Å². The number of hydrogen-bond acceptors (Lipinski definition) is 5. The molecule has 8 nitrogen and oxygen atoms in total. The van der Waals surface area contributed by atoms with E-state index in [1.54, 1.807) is 44.2 Å². The zero-order valence-corrected chi connectivity index (χ0v) is 19.9. The molecule has 0 heterocycles. The largest absolute Gasteiger partial charge is 0.322 e. The molecule has 0 aromatic heterocycles. The number of benzene rings is 3. The van der Waals surface area contributed by atoms with Gasteiger partial charge in [0.15, 0.2) is 0 Å². The highest BCUT2D eigenvalue weighted by Gasteiger charge is 2.22. The highest BCUT2D eigenvalue weighted by Crippen LogP contribution is 2.23. The van der Waals surface area contributed by atoms with Gasteiger partial charge in [-0.1, -0.05) is 44.2 Å². The molecule has 0 aliphatic heterocycles. The summed E-state index contributed by atoms with van der Waals surface area (Å²) in [7, 11) is -7.49. The van der Waals surface area contributed by atoms with Crippen molar-refractivity contribution in [3.05, 3.63) is 84.4 Å². The van der Waals surface area contributed by atoms with E-state index in [4.69, 9.17) is 0 Å². The Morgan fingerprint density at radius 2 is 1.33 bits per heavy atom. The first-order valence-electron chi connectivity index (χ1n) is 10.3. The Balaban J connectivity index is 1.81. The minimum atomic E-state index is -3.88. The molecule has 3 aromatic carbocycles. The fraction of sp³-hybridized carbons (Fsp3) is 0.174. The van der Waals surface area contributed by atoms with Crippen LogP contribution < -0.4 is 10.0 Å². The van der Waals surface area contributed by atoms with Crippen molar-refractivity contribution in [3.8, 4) is 0 Å². The van der Waals surface area contributed by atoms with Crippen molar-refractivity contribution in [2.75, 3.05) is 23.1 Å². The second-order valence-electron chi connectivity index (χ2n) is 7.03. The Morgan fingerprint density at radius 3 is 1.94 bits per heavy atom. The summed E-state index contributed by atoms with van der Waals surface area (Å²) in [6, 6.07) is 19.9. The van der Waals surface area contributed by atoms with Gasteiger partial charge in [-0.05, 0) is 48.5 Å². The average Bonchev–Trinajstić information content (AvgIpc) is 2.80. The highest BCUT2D eigenvalue weighted by atomic mass is 32.2. The van der Waals surface area contributed by atoms with Crippen LogP contribution in [0.15, 0.2) is 88.7 Å². The number of anilines is 2. The molecule has 0 bridgehead atoms. The maximum absolute atomic E-state index is 12.9. The van der Waals surface area contributed by atoms with Crippen molar-refractivity contribution in [1.82, 2.24) is 4.31 Å². The first-order chi connectivity index (χ1) is 15.7. The van der Waals surface area contributed by atoms with E-state index < -0.39 is 26.0 Å². The summed E-state index contributed by atoms with van der Waals surface area (Å²) in [5.41, 5.74) is 0.621. The number of carbonyl (C=O) groups is 1. The van der Waals surface area contributed by atoms with Gasteiger partial charge in [0.1, 0.15) is 0 Å². The summed E-state index contributed by atoms with van der Waals surface area (Å²) in [6.07, 6.45) is 0. The summed E-state index contributed by atoms with van der Waals surface area (Å²) in [4.78, 5) is 13.1. The standard InChI is InChI=1S/C23H25N3O5S2/c1-3-26(4-2)33(30,31)20-16-14-18(15-17-20)24-23(27)21-12-8-9-13-22(21)25-32(28,29)19-10-6-5-7-11-19/h5-17,25H,3-4H2,1-2H3,(H,24,27). The van der Waals surface area contributed by atoms with Crippen LogP contribution >= 0.6 is 0 Å². The van der Waals surface area contributed by atoms with Crippen molar-refractivity contribution in [2.24, 2.45) is 0 Å². The van der Waals surface area contributed by atoms with E-state index in [9.17, 15) is 21.6 Å². The summed E-state index contributed by atoms with van der Waals surface area (Å²) in [5.74, 6) is -0.541. The molecule has 0 spiro atoms. The van der Waals surface area contributed by atoms with E-state index in [-0.39, 0.29) is 21.0 Å². The van der Waals surface area contributed by atoms with Crippen LogP contribution in [-0.4, -0.2) is 40.1 Å². The average molecular weight is 488 g/mol. The van der Waals surface area contributed by atoms with Gasteiger partial charge in [0, 0.05) is 18.8 Å². The van der Waals surface area contributed by atoms with Crippen LogP contribution in [0, 0.1) is 0 Å². The molecular weight excluding hydrogens is 462 g/mol. The third-order valence-corrected chi connectivity index (χ3v) is 8.37. The lowest BCUT2D eigenvalue weighted by molar-refractivity contribution is 0.102. The molecule has 3 rings (SSSR count). The lowest BCUT2D eigenvalue weighted by atomic mass is 10.1. The molecule has 0 aliphatic carbocycles. The Bertz CT molecular complexity index is 1320. The molecule has 3 aromatic rings. The smallest absolute Gasteiger partial charge is 0.261 e. The first-order valence-corrected chi connectivity index (χ1v) is 13.2. The number of sulfonamides is 2. The van der Waals surface area contributed by atoms with E-state index in [2.05, 4.69) is 10.0 Å². The molecular formula is C23H25N3O5S2. The van der Waals surface area contributed by atoms with Gasteiger partial charge >= 0.3 is 0 Å². The number of para-hydroxylation sites is 1. The minimum absolute atomic E-state index is 0.0743. The van der Waals surface area contributed by atoms with Crippen molar-refractivity contribution in [1.29, 1.82) is 0 Å². The summed E-state index contributed by atoms with van der Waals surface area (Å²) in [5, 5.41) is 2.68. The predicted octanol–water partition coefficient (Wildman–Crippen LogP) is 3.77. The Labute approximate surface area is 194 Å². The zero-order valence-electron chi connectivity index (χ0n) is 18.2. The molecule has 0 saturated heterocycles. The Hall–Kier alpha value is -3.21. The second kappa shape index (κ2) is 10.2. The number of nitrogens with one attached hydrogen (secondary N) is 2. The van der Waals surface area contributed by atoms with Crippen molar-refractivity contribution < 1.29 is 21.6 Å². The molecule has 10 heteroatoms.